The van der Waals surface area contributed by atoms with Crippen LogP contribution in [0.4, 0.5) is 5.69 Å². The van der Waals surface area contributed by atoms with E-state index < -0.39 is 5.91 Å². The van der Waals surface area contributed by atoms with Crippen LogP contribution >= 0.6 is 11.6 Å². The maximum absolute atomic E-state index is 12.2. The van der Waals surface area contributed by atoms with Crippen LogP contribution in [0, 0.1) is 6.92 Å². The fraction of sp³-hybridized carbons (Fsp3) is 0.133. The number of methoxy groups -OCH3 is 1. The predicted molar refractivity (Wildman–Crippen MR) is 78.8 cm³/mol. The number of phenols is 1. The van der Waals surface area contributed by atoms with Crippen molar-refractivity contribution in [2.75, 3.05) is 12.4 Å². The first-order valence-corrected chi connectivity index (χ1v) is 6.34. The van der Waals surface area contributed by atoms with E-state index in [0.29, 0.717) is 16.5 Å². The van der Waals surface area contributed by atoms with Crippen LogP contribution in [-0.2, 0) is 0 Å². The van der Waals surface area contributed by atoms with Gasteiger partial charge < -0.3 is 15.2 Å². The predicted octanol–water partition coefficient (Wildman–Crippen LogP) is 3.61. The zero-order chi connectivity index (χ0) is 14.7. The second kappa shape index (κ2) is 5.84. The van der Waals surface area contributed by atoms with Gasteiger partial charge in [0.05, 0.1) is 12.7 Å². The molecule has 0 aromatic heterocycles. The molecule has 0 atom stereocenters. The topological polar surface area (TPSA) is 58.6 Å². The lowest BCUT2D eigenvalue weighted by Gasteiger charge is -2.11. The third kappa shape index (κ3) is 2.86. The van der Waals surface area contributed by atoms with Crippen molar-refractivity contribution in [1.82, 2.24) is 0 Å². The number of halogens is 1. The van der Waals surface area contributed by atoms with Crippen molar-refractivity contribution in [2.24, 2.45) is 0 Å². The van der Waals surface area contributed by atoms with Crippen LogP contribution in [0.1, 0.15) is 15.9 Å². The van der Waals surface area contributed by atoms with Crippen LogP contribution in [0.25, 0.3) is 0 Å². The molecule has 2 N–H and O–H groups in total. The number of ether oxygens (including phenoxy) is 1. The largest absolute Gasteiger partial charge is 0.507 e. The van der Waals surface area contributed by atoms with Crippen molar-refractivity contribution in [3.05, 3.63) is 52.5 Å². The summed E-state index contributed by atoms with van der Waals surface area (Å²) >= 11 is 6.00. The van der Waals surface area contributed by atoms with E-state index in [9.17, 15) is 9.90 Å². The van der Waals surface area contributed by atoms with E-state index in [1.54, 1.807) is 24.3 Å². The van der Waals surface area contributed by atoms with Gasteiger partial charge in [-0.1, -0.05) is 17.7 Å². The minimum absolute atomic E-state index is 0.108. The lowest BCUT2D eigenvalue weighted by molar-refractivity contribution is 0.102. The number of benzene rings is 2. The number of aromatic hydroxyl groups is 1. The summed E-state index contributed by atoms with van der Waals surface area (Å²) in [7, 11) is 1.50. The average Bonchev–Trinajstić information content (AvgIpc) is 2.44. The van der Waals surface area contributed by atoms with Crippen molar-refractivity contribution in [2.45, 2.75) is 6.92 Å². The highest BCUT2D eigenvalue weighted by atomic mass is 35.5. The Balaban J connectivity index is 2.30. The third-order valence-corrected chi connectivity index (χ3v) is 3.37. The average molecular weight is 292 g/mol. The molecular formula is C15H14ClNO3. The summed E-state index contributed by atoms with van der Waals surface area (Å²) in [4.78, 5) is 12.2. The molecule has 20 heavy (non-hydrogen) atoms. The Morgan fingerprint density at radius 2 is 2.05 bits per heavy atom. The maximum Gasteiger partial charge on any atom is 0.259 e. The molecule has 1 amide bonds. The number of carbonyl (C=O) groups excluding carboxylic acids is 1. The van der Waals surface area contributed by atoms with Crippen molar-refractivity contribution in [1.29, 1.82) is 0 Å². The fourth-order valence-electron chi connectivity index (χ4n) is 1.76. The van der Waals surface area contributed by atoms with Gasteiger partial charge >= 0.3 is 0 Å². The molecule has 2 aromatic rings. The van der Waals surface area contributed by atoms with E-state index in [2.05, 4.69) is 5.32 Å². The molecule has 0 spiro atoms. The Morgan fingerprint density at radius 3 is 2.75 bits per heavy atom. The highest BCUT2D eigenvalue weighted by molar-refractivity contribution is 6.31. The zero-order valence-corrected chi connectivity index (χ0v) is 11.9. The summed E-state index contributed by atoms with van der Waals surface area (Å²) in [5.41, 5.74) is 1.51. The molecular weight excluding hydrogens is 278 g/mol. The Kier molecular flexibility index (Phi) is 4.15. The highest BCUT2D eigenvalue weighted by Crippen LogP contribution is 2.26. The standard InChI is InChI=1S/C15H14ClNO3/c1-9-12(16)4-3-5-13(9)17-15(19)11-8-10(20-2)6-7-14(11)18/h3-8,18H,1-2H3,(H,17,19). The van der Waals surface area contributed by atoms with Crippen molar-refractivity contribution >= 4 is 23.2 Å². The summed E-state index contributed by atoms with van der Waals surface area (Å²) in [6.45, 7) is 1.81. The van der Waals surface area contributed by atoms with Gasteiger partial charge in [0.15, 0.2) is 0 Å². The number of rotatable bonds is 3. The van der Waals surface area contributed by atoms with E-state index in [4.69, 9.17) is 16.3 Å². The molecule has 0 aliphatic carbocycles. The van der Waals surface area contributed by atoms with Crippen molar-refractivity contribution in [3.63, 3.8) is 0 Å². The molecule has 0 unspecified atom stereocenters. The first-order valence-electron chi connectivity index (χ1n) is 5.96. The van der Waals surface area contributed by atoms with Gasteiger partial charge in [-0.25, -0.2) is 0 Å². The first kappa shape index (κ1) is 14.2. The number of anilines is 1. The number of amides is 1. The SMILES string of the molecule is COc1ccc(O)c(C(=O)Nc2cccc(Cl)c2C)c1. The summed E-state index contributed by atoms with van der Waals surface area (Å²) in [5.74, 6) is -0.0366. The molecule has 0 saturated heterocycles. The summed E-state index contributed by atoms with van der Waals surface area (Å²) in [6, 6.07) is 9.71. The fourth-order valence-corrected chi connectivity index (χ4v) is 1.93. The normalized spacial score (nSPS) is 10.2. The molecule has 2 rings (SSSR count). The lowest BCUT2D eigenvalue weighted by Crippen LogP contribution is -2.13. The van der Waals surface area contributed by atoms with Crippen LogP contribution in [0.15, 0.2) is 36.4 Å². The van der Waals surface area contributed by atoms with E-state index in [-0.39, 0.29) is 11.3 Å². The molecule has 0 saturated carbocycles. The number of phenolic OH excluding ortho intramolecular Hbond substituents is 1. The van der Waals surface area contributed by atoms with Crippen LogP contribution in [0.3, 0.4) is 0 Å². The van der Waals surface area contributed by atoms with Crippen LogP contribution in [-0.4, -0.2) is 18.1 Å². The van der Waals surface area contributed by atoms with Gasteiger partial charge in [-0.3, -0.25) is 4.79 Å². The summed E-state index contributed by atoms with van der Waals surface area (Å²) < 4.78 is 5.04. The third-order valence-electron chi connectivity index (χ3n) is 2.96. The van der Waals surface area contributed by atoms with Gasteiger partial charge in [-0.2, -0.15) is 0 Å². The molecule has 0 radical (unpaired) electrons. The van der Waals surface area contributed by atoms with Gasteiger partial charge in [-0.05, 0) is 42.8 Å². The van der Waals surface area contributed by atoms with Crippen LogP contribution < -0.4 is 10.1 Å². The molecule has 2 aromatic carbocycles. The minimum Gasteiger partial charge on any atom is -0.507 e. The van der Waals surface area contributed by atoms with Gasteiger partial charge in [0.1, 0.15) is 11.5 Å². The number of hydrogen-bond donors (Lipinski definition) is 2. The molecule has 4 nitrogen and oxygen atoms in total. The Labute approximate surface area is 122 Å². The second-order valence-electron chi connectivity index (χ2n) is 4.25. The molecule has 0 bridgehead atoms. The Hall–Kier alpha value is -2.20. The smallest absolute Gasteiger partial charge is 0.259 e. The molecule has 0 heterocycles. The molecule has 104 valence electrons. The van der Waals surface area contributed by atoms with E-state index in [0.717, 1.165) is 5.56 Å². The minimum atomic E-state index is -0.424. The van der Waals surface area contributed by atoms with Gasteiger partial charge in [0.25, 0.3) is 5.91 Å². The van der Waals surface area contributed by atoms with Crippen LogP contribution in [0.2, 0.25) is 5.02 Å². The molecule has 0 fully saturated rings. The van der Waals surface area contributed by atoms with E-state index in [1.165, 1.54) is 19.2 Å². The Morgan fingerprint density at radius 1 is 1.30 bits per heavy atom. The van der Waals surface area contributed by atoms with Crippen molar-refractivity contribution < 1.29 is 14.6 Å². The van der Waals surface area contributed by atoms with Crippen LogP contribution in [0.5, 0.6) is 11.5 Å². The highest BCUT2D eigenvalue weighted by Gasteiger charge is 2.14. The number of nitrogens with one attached hydrogen (secondary N) is 1. The monoisotopic (exact) mass is 291 g/mol. The van der Waals surface area contributed by atoms with Gasteiger partial charge in [0, 0.05) is 10.7 Å². The van der Waals surface area contributed by atoms with Gasteiger partial charge in [-0.15, -0.1) is 0 Å². The van der Waals surface area contributed by atoms with E-state index in [1.807, 2.05) is 6.92 Å². The summed E-state index contributed by atoms with van der Waals surface area (Å²) in [5, 5.41) is 13.0. The maximum atomic E-state index is 12.2. The summed E-state index contributed by atoms with van der Waals surface area (Å²) in [6.07, 6.45) is 0. The zero-order valence-electron chi connectivity index (χ0n) is 11.1. The molecule has 0 aliphatic heterocycles. The Bertz CT molecular complexity index is 656. The number of hydrogen-bond acceptors (Lipinski definition) is 3. The molecule has 5 heteroatoms. The first-order chi connectivity index (χ1) is 9.52. The quantitative estimate of drug-likeness (QED) is 0.908. The van der Waals surface area contributed by atoms with E-state index >= 15 is 0 Å². The van der Waals surface area contributed by atoms with Gasteiger partial charge in [0.2, 0.25) is 0 Å². The second-order valence-corrected chi connectivity index (χ2v) is 4.66. The van der Waals surface area contributed by atoms with Crippen molar-refractivity contribution in [3.8, 4) is 11.5 Å². The number of carbonyl (C=O) groups is 1. The molecule has 0 aliphatic rings. The lowest BCUT2D eigenvalue weighted by atomic mass is 10.1.